The van der Waals surface area contributed by atoms with E-state index in [1.54, 1.807) is 6.20 Å². The first-order valence-electron chi connectivity index (χ1n) is 4.36. The molecule has 0 atom stereocenters. The van der Waals surface area contributed by atoms with Gasteiger partial charge in [0.2, 0.25) is 0 Å². The fraction of sp³-hybridized carbons (Fsp3) is 0.182. The summed E-state index contributed by atoms with van der Waals surface area (Å²) in [5, 5.41) is 0.181. The number of benzene rings is 1. The molecule has 2 nitrogen and oxygen atoms in total. The maximum atomic E-state index is 5.62. The van der Waals surface area contributed by atoms with Crippen molar-refractivity contribution in [1.29, 1.82) is 0 Å². The summed E-state index contributed by atoms with van der Waals surface area (Å²) in [5.41, 5.74) is 3.43. The topological polar surface area (TPSA) is 26.0 Å². The van der Waals surface area contributed by atoms with Gasteiger partial charge in [-0.05, 0) is 31.0 Å². The van der Waals surface area contributed by atoms with Gasteiger partial charge in [-0.3, -0.25) is 0 Å². The molecule has 0 saturated heterocycles. The third-order valence-corrected chi connectivity index (χ3v) is 2.30. The fourth-order valence-corrected chi connectivity index (χ4v) is 1.60. The molecule has 0 N–H and O–H groups in total. The van der Waals surface area contributed by atoms with Crippen LogP contribution in [-0.4, -0.2) is 4.98 Å². The SMILES string of the molecule is Cc1ccc(-c2cnc(Cl)o2)c(C)c1. The highest BCUT2D eigenvalue weighted by molar-refractivity contribution is 6.27. The summed E-state index contributed by atoms with van der Waals surface area (Å²) in [6.45, 7) is 4.10. The van der Waals surface area contributed by atoms with E-state index in [0.717, 1.165) is 11.1 Å². The van der Waals surface area contributed by atoms with Crippen molar-refractivity contribution >= 4 is 11.6 Å². The van der Waals surface area contributed by atoms with Crippen LogP contribution in [0.3, 0.4) is 0 Å². The predicted molar refractivity (Wildman–Crippen MR) is 56.4 cm³/mol. The molecule has 0 spiro atoms. The first-order valence-corrected chi connectivity index (χ1v) is 4.73. The minimum absolute atomic E-state index is 0.181. The highest BCUT2D eigenvalue weighted by atomic mass is 35.5. The van der Waals surface area contributed by atoms with Crippen LogP contribution in [0.5, 0.6) is 0 Å². The van der Waals surface area contributed by atoms with Crippen molar-refractivity contribution < 1.29 is 4.42 Å². The number of oxazole rings is 1. The molecule has 72 valence electrons. The Hall–Kier alpha value is -1.28. The normalized spacial score (nSPS) is 10.5. The van der Waals surface area contributed by atoms with E-state index in [4.69, 9.17) is 16.0 Å². The molecule has 14 heavy (non-hydrogen) atoms. The van der Waals surface area contributed by atoms with Crippen molar-refractivity contribution in [2.75, 3.05) is 0 Å². The highest BCUT2D eigenvalue weighted by Crippen LogP contribution is 2.26. The Morgan fingerprint density at radius 3 is 2.64 bits per heavy atom. The molecule has 2 rings (SSSR count). The second kappa shape index (κ2) is 3.46. The average molecular weight is 208 g/mol. The maximum Gasteiger partial charge on any atom is 0.292 e. The standard InChI is InChI=1S/C11H10ClNO/c1-7-3-4-9(8(2)5-7)10-6-13-11(12)14-10/h3-6H,1-2H3. The quantitative estimate of drug-likeness (QED) is 0.714. The number of halogens is 1. The smallest absolute Gasteiger partial charge is 0.292 e. The molecule has 2 aromatic rings. The van der Waals surface area contributed by atoms with Crippen LogP contribution in [0.2, 0.25) is 5.35 Å². The van der Waals surface area contributed by atoms with Gasteiger partial charge in [-0.1, -0.05) is 23.8 Å². The van der Waals surface area contributed by atoms with Crippen LogP contribution in [0.4, 0.5) is 0 Å². The molecule has 0 aliphatic rings. The highest BCUT2D eigenvalue weighted by Gasteiger charge is 2.06. The molecule has 0 aliphatic heterocycles. The summed E-state index contributed by atoms with van der Waals surface area (Å²) < 4.78 is 5.24. The molecule has 0 bridgehead atoms. The molecule has 0 aliphatic carbocycles. The van der Waals surface area contributed by atoms with E-state index in [9.17, 15) is 0 Å². The zero-order valence-electron chi connectivity index (χ0n) is 8.04. The molecule has 0 saturated carbocycles. The molecular weight excluding hydrogens is 198 g/mol. The molecule has 0 fully saturated rings. The summed E-state index contributed by atoms with van der Waals surface area (Å²) >= 11 is 5.62. The average Bonchev–Trinajstić information content (AvgIpc) is 2.51. The van der Waals surface area contributed by atoms with Gasteiger partial charge in [0.25, 0.3) is 5.35 Å². The Labute approximate surface area is 87.5 Å². The van der Waals surface area contributed by atoms with Gasteiger partial charge in [0, 0.05) is 5.56 Å². The van der Waals surface area contributed by atoms with Crippen LogP contribution >= 0.6 is 11.6 Å². The van der Waals surface area contributed by atoms with Gasteiger partial charge in [0.05, 0.1) is 6.20 Å². The molecule has 1 aromatic carbocycles. The summed E-state index contributed by atoms with van der Waals surface area (Å²) in [6.07, 6.45) is 1.64. The lowest BCUT2D eigenvalue weighted by atomic mass is 10.0. The lowest BCUT2D eigenvalue weighted by molar-refractivity contribution is 0.574. The predicted octanol–water partition coefficient (Wildman–Crippen LogP) is 3.61. The molecule has 0 amide bonds. The van der Waals surface area contributed by atoms with Crippen molar-refractivity contribution in [3.8, 4) is 11.3 Å². The third kappa shape index (κ3) is 1.66. The van der Waals surface area contributed by atoms with Crippen molar-refractivity contribution in [1.82, 2.24) is 4.98 Å². The van der Waals surface area contributed by atoms with Gasteiger partial charge in [-0.2, -0.15) is 0 Å². The van der Waals surface area contributed by atoms with Crippen LogP contribution < -0.4 is 0 Å². The second-order valence-electron chi connectivity index (χ2n) is 3.30. The zero-order valence-corrected chi connectivity index (χ0v) is 8.80. The molecule has 1 heterocycles. The van der Waals surface area contributed by atoms with Crippen LogP contribution in [-0.2, 0) is 0 Å². The van der Waals surface area contributed by atoms with E-state index in [-0.39, 0.29) is 5.35 Å². The van der Waals surface area contributed by atoms with Gasteiger partial charge in [-0.25, -0.2) is 4.98 Å². The van der Waals surface area contributed by atoms with Crippen LogP contribution in [0.1, 0.15) is 11.1 Å². The van der Waals surface area contributed by atoms with Crippen molar-refractivity contribution in [3.63, 3.8) is 0 Å². The van der Waals surface area contributed by atoms with Crippen molar-refractivity contribution in [2.45, 2.75) is 13.8 Å². The fourth-order valence-electron chi connectivity index (χ4n) is 1.47. The first kappa shape index (κ1) is 9.28. The Morgan fingerprint density at radius 1 is 1.29 bits per heavy atom. The number of aryl methyl sites for hydroxylation is 2. The van der Waals surface area contributed by atoms with Crippen molar-refractivity contribution in [2.24, 2.45) is 0 Å². The zero-order chi connectivity index (χ0) is 10.1. The number of nitrogens with zero attached hydrogens (tertiary/aromatic N) is 1. The monoisotopic (exact) mass is 207 g/mol. The lowest BCUT2D eigenvalue weighted by Crippen LogP contribution is -1.82. The molecule has 0 radical (unpaired) electrons. The van der Waals surface area contributed by atoms with E-state index >= 15 is 0 Å². The van der Waals surface area contributed by atoms with E-state index in [1.165, 1.54) is 5.56 Å². The van der Waals surface area contributed by atoms with E-state index in [0.29, 0.717) is 5.76 Å². The summed E-state index contributed by atoms with van der Waals surface area (Å²) in [6, 6.07) is 6.16. The van der Waals surface area contributed by atoms with Gasteiger partial charge >= 0.3 is 0 Å². The summed E-state index contributed by atoms with van der Waals surface area (Å²) in [7, 11) is 0. The lowest BCUT2D eigenvalue weighted by Gasteiger charge is -2.02. The number of hydrogen-bond acceptors (Lipinski definition) is 2. The molecule has 1 aromatic heterocycles. The number of hydrogen-bond donors (Lipinski definition) is 0. The Balaban J connectivity index is 2.52. The van der Waals surface area contributed by atoms with Gasteiger partial charge in [0.1, 0.15) is 0 Å². The van der Waals surface area contributed by atoms with Gasteiger partial charge < -0.3 is 4.42 Å². The summed E-state index contributed by atoms with van der Waals surface area (Å²) in [5.74, 6) is 0.715. The minimum Gasteiger partial charge on any atom is -0.428 e. The maximum absolute atomic E-state index is 5.62. The third-order valence-electron chi connectivity index (χ3n) is 2.12. The minimum atomic E-state index is 0.181. The number of aromatic nitrogens is 1. The van der Waals surface area contributed by atoms with Crippen LogP contribution in [0, 0.1) is 13.8 Å². The van der Waals surface area contributed by atoms with E-state index in [2.05, 4.69) is 18.0 Å². The summed E-state index contributed by atoms with van der Waals surface area (Å²) in [4.78, 5) is 3.86. The van der Waals surface area contributed by atoms with Crippen molar-refractivity contribution in [3.05, 3.63) is 40.9 Å². The Kier molecular flexibility index (Phi) is 2.30. The molecule has 0 unspecified atom stereocenters. The van der Waals surface area contributed by atoms with Crippen LogP contribution in [0.15, 0.2) is 28.8 Å². The van der Waals surface area contributed by atoms with Gasteiger partial charge in [0.15, 0.2) is 5.76 Å². The van der Waals surface area contributed by atoms with E-state index < -0.39 is 0 Å². The first-order chi connectivity index (χ1) is 6.66. The number of rotatable bonds is 1. The Morgan fingerprint density at radius 2 is 2.07 bits per heavy atom. The van der Waals surface area contributed by atoms with Gasteiger partial charge in [-0.15, -0.1) is 0 Å². The molecular formula is C11H10ClNO. The van der Waals surface area contributed by atoms with Crippen LogP contribution in [0.25, 0.3) is 11.3 Å². The van der Waals surface area contributed by atoms with E-state index in [1.807, 2.05) is 19.1 Å². The Bertz CT molecular complexity index is 462. The second-order valence-corrected chi connectivity index (χ2v) is 3.62. The largest absolute Gasteiger partial charge is 0.428 e. The molecule has 3 heteroatoms.